The van der Waals surface area contributed by atoms with Gasteiger partial charge in [-0.25, -0.2) is 9.97 Å². The maximum atomic E-state index is 11.0. The van der Waals surface area contributed by atoms with Crippen molar-refractivity contribution in [2.45, 2.75) is 20.8 Å². The number of hydrogen-bond acceptors (Lipinski definition) is 7. The third kappa shape index (κ3) is 2.97. The molecule has 0 spiro atoms. The number of halogens is 1. The minimum Gasteiger partial charge on any atom is -0.504 e. The predicted molar refractivity (Wildman–Crippen MR) is 100.0 cm³/mol. The lowest BCUT2D eigenvalue weighted by Gasteiger charge is -2.10. The van der Waals surface area contributed by atoms with Gasteiger partial charge in [0.2, 0.25) is 5.75 Å². The highest BCUT2D eigenvalue weighted by molar-refractivity contribution is 7.13. The Bertz CT molecular complexity index is 1050. The predicted octanol–water partition coefficient (Wildman–Crippen LogP) is 4.77. The molecule has 0 unspecified atom stereocenters. The van der Waals surface area contributed by atoms with E-state index in [0.717, 1.165) is 16.8 Å². The Morgan fingerprint density at radius 2 is 1.85 bits per heavy atom. The van der Waals surface area contributed by atoms with Crippen LogP contribution in [-0.4, -0.2) is 25.1 Å². The molecule has 0 saturated heterocycles. The van der Waals surface area contributed by atoms with Gasteiger partial charge in [-0.3, -0.25) is 10.1 Å². The Labute approximate surface area is 157 Å². The van der Waals surface area contributed by atoms with Crippen LogP contribution in [0.1, 0.15) is 16.8 Å². The molecule has 2 heterocycles. The van der Waals surface area contributed by atoms with E-state index in [1.807, 2.05) is 20.8 Å². The van der Waals surface area contributed by atoms with Crippen molar-refractivity contribution in [2.75, 3.05) is 0 Å². The minimum absolute atomic E-state index is 0.320. The number of phenolic OH excluding ortho intramolecular Hbond substituents is 2. The van der Waals surface area contributed by atoms with Gasteiger partial charge >= 0.3 is 5.69 Å². The number of rotatable bonds is 3. The van der Waals surface area contributed by atoms with Crippen molar-refractivity contribution in [2.24, 2.45) is 0 Å². The molecular weight excluding hydrogens is 378 g/mol. The van der Waals surface area contributed by atoms with Crippen LogP contribution in [0.15, 0.2) is 17.5 Å². The number of pyridine rings is 1. The van der Waals surface area contributed by atoms with E-state index in [9.17, 15) is 20.3 Å². The highest BCUT2D eigenvalue weighted by atomic mass is 35.5. The molecule has 0 aliphatic carbocycles. The zero-order chi connectivity index (χ0) is 19.2. The molecule has 0 atom stereocenters. The van der Waals surface area contributed by atoms with E-state index in [0.29, 0.717) is 27.0 Å². The molecule has 1 aromatic carbocycles. The minimum atomic E-state index is -0.772. The van der Waals surface area contributed by atoms with E-state index in [1.165, 1.54) is 23.5 Å². The van der Waals surface area contributed by atoms with Crippen molar-refractivity contribution < 1.29 is 15.1 Å². The summed E-state index contributed by atoms with van der Waals surface area (Å²) in [6.07, 6.45) is 0. The first-order valence-corrected chi connectivity index (χ1v) is 8.76. The largest absolute Gasteiger partial charge is 0.504 e. The highest BCUT2D eigenvalue weighted by Gasteiger charge is 2.22. The maximum Gasteiger partial charge on any atom is 0.315 e. The number of nitro benzene ring substituents is 1. The molecule has 0 fully saturated rings. The summed E-state index contributed by atoms with van der Waals surface area (Å²) in [5, 5.41) is 33.1. The number of aromatic hydroxyl groups is 2. The van der Waals surface area contributed by atoms with Gasteiger partial charge in [0.05, 0.1) is 16.2 Å². The quantitative estimate of drug-likeness (QED) is 0.288. The third-order valence-electron chi connectivity index (χ3n) is 4.23. The SMILES string of the molecule is Cc1nc(Cl)c(-c2nc(-c3cc(O)c(O)c([N+](=O)[O-])c3)cs2)c(C)c1C. The van der Waals surface area contributed by atoms with Crippen molar-refractivity contribution in [3.63, 3.8) is 0 Å². The summed E-state index contributed by atoms with van der Waals surface area (Å²) >= 11 is 7.62. The maximum absolute atomic E-state index is 11.0. The fourth-order valence-corrected chi connectivity index (χ4v) is 3.91. The number of thiazole rings is 1. The van der Waals surface area contributed by atoms with Crippen LogP contribution in [0.25, 0.3) is 21.8 Å². The second kappa shape index (κ2) is 6.54. The Kier molecular flexibility index (Phi) is 4.55. The van der Waals surface area contributed by atoms with Crippen LogP contribution in [0.5, 0.6) is 11.5 Å². The van der Waals surface area contributed by atoms with Gasteiger partial charge in [0.25, 0.3) is 0 Å². The summed E-state index contributed by atoms with van der Waals surface area (Å²) in [6.45, 7) is 5.76. The van der Waals surface area contributed by atoms with Gasteiger partial charge in [-0.15, -0.1) is 11.3 Å². The van der Waals surface area contributed by atoms with E-state index in [-0.39, 0.29) is 0 Å². The Morgan fingerprint density at radius 1 is 1.15 bits per heavy atom. The van der Waals surface area contributed by atoms with Crippen molar-refractivity contribution in [3.8, 4) is 33.3 Å². The molecule has 0 aliphatic rings. The molecule has 2 aromatic heterocycles. The summed E-state index contributed by atoms with van der Waals surface area (Å²) in [5.74, 6) is -1.35. The number of hydrogen-bond donors (Lipinski definition) is 2. The molecule has 7 nitrogen and oxygen atoms in total. The van der Waals surface area contributed by atoms with E-state index < -0.39 is 22.1 Å². The standard InChI is InChI=1S/C17H14ClN3O4S/c1-7-8(2)14(16(18)19-9(7)3)17-20-11(6-26-17)10-4-12(21(24)25)15(23)13(22)5-10/h4-6,22-23H,1-3H3. The molecule has 0 bridgehead atoms. The zero-order valence-electron chi connectivity index (χ0n) is 14.1. The van der Waals surface area contributed by atoms with E-state index >= 15 is 0 Å². The van der Waals surface area contributed by atoms with Gasteiger partial charge in [0, 0.05) is 22.7 Å². The Hall–Kier alpha value is -2.71. The number of benzene rings is 1. The summed E-state index contributed by atoms with van der Waals surface area (Å²) < 4.78 is 0. The number of aromatic nitrogens is 2. The zero-order valence-corrected chi connectivity index (χ0v) is 15.6. The van der Waals surface area contributed by atoms with E-state index in [1.54, 1.807) is 5.38 Å². The number of aryl methyl sites for hydroxylation is 1. The van der Waals surface area contributed by atoms with Crippen molar-refractivity contribution in [3.05, 3.63) is 49.6 Å². The topological polar surface area (TPSA) is 109 Å². The van der Waals surface area contributed by atoms with E-state index in [4.69, 9.17) is 11.6 Å². The molecule has 2 N–H and O–H groups in total. The van der Waals surface area contributed by atoms with Crippen molar-refractivity contribution in [1.82, 2.24) is 9.97 Å². The fourth-order valence-electron chi connectivity index (χ4n) is 2.56. The third-order valence-corrected chi connectivity index (χ3v) is 5.37. The molecule has 0 radical (unpaired) electrons. The lowest BCUT2D eigenvalue weighted by Crippen LogP contribution is -1.96. The fraction of sp³-hybridized carbons (Fsp3) is 0.176. The first-order valence-electron chi connectivity index (χ1n) is 7.50. The van der Waals surface area contributed by atoms with Crippen LogP contribution in [0.3, 0.4) is 0 Å². The van der Waals surface area contributed by atoms with Gasteiger partial charge in [-0.2, -0.15) is 0 Å². The summed E-state index contributed by atoms with van der Waals surface area (Å²) in [6, 6.07) is 2.40. The second-order valence-electron chi connectivity index (χ2n) is 5.77. The van der Waals surface area contributed by atoms with Crippen molar-refractivity contribution >= 4 is 28.6 Å². The van der Waals surface area contributed by atoms with Crippen LogP contribution < -0.4 is 0 Å². The number of phenols is 2. The van der Waals surface area contributed by atoms with Crippen LogP contribution >= 0.6 is 22.9 Å². The smallest absolute Gasteiger partial charge is 0.315 e. The van der Waals surface area contributed by atoms with Gasteiger partial charge in [-0.05, 0) is 38.0 Å². The number of nitro groups is 1. The summed E-state index contributed by atoms with van der Waals surface area (Å²) in [5.41, 5.74) is 3.69. The first kappa shape index (κ1) is 18.1. The molecule has 3 rings (SSSR count). The average molecular weight is 392 g/mol. The second-order valence-corrected chi connectivity index (χ2v) is 6.99. The highest BCUT2D eigenvalue weighted by Crippen LogP contribution is 2.41. The average Bonchev–Trinajstić information content (AvgIpc) is 3.04. The summed E-state index contributed by atoms with van der Waals surface area (Å²) in [7, 11) is 0. The van der Waals surface area contributed by atoms with Gasteiger partial charge in [0.1, 0.15) is 10.2 Å². The lowest BCUT2D eigenvalue weighted by molar-refractivity contribution is -0.385. The van der Waals surface area contributed by atoms with E-state index in [2.05, 4.69) is 9.97 Å². The summed E-state index contributed by atoms with van der Waals surface area (Å²) in [4.78, 5) is 19.1. The first-order chi connectivity index (χ1) is 12.2. The van der Waals surface area contributed by atoms with Crippen LogP contribution in [0.4, 0.5) is 5.69 Å². The monoisotopic (exact) mass is 391 g/mol. The van der Waals surface area contributed by atoms with Crippen molar-refractivity contribution in [1.29, 1.82) is 0 Å². The van der Waals surface area contributed by atoms with Crippen LogP contribution in [0.2, 0.25) is 5.15 Å². The normalized spacial score (nSPS) is 10.9. The molecule has 0 aliphatic heterocycles. The molecule has 0 amide bonds. The lowest BCUT2D eigenvalue weighted by atomic mass is 10.0. The van der Waals surface area contributed by atoms with Gasteiger partial charge < -0.3 is 10.2 Å². The Balaban J connectivity index is 2.13. The Morgan fingerprint density at radius 3 is 2.50 bits per heavy atom. The van der Waals surface area contributed by atoms with Crippen LogP contribution in [0, 0.1) is 30.9 Å². The number of nitrogens with zero attached hydrogens (tertiary/aromatic N) is 3. The molecule has 0 saturated carbocycles. The molecular formula is C17H14ClN3O4S. The molecule has 9 heteroatoms. The van der Waals surface area contributed by atoms with Crippen LogP contribution in [-0.2, 0) is 0 Å². The van der Waals surface area contributed by atoms with Gasteiger partial charge in [0.15, 0.2) is 5.75 Å². The molecule has 26 heavy (non-hydrogen) atoms. The molecule has 3 aromatic rings. The molecule has 134 valence electrons. The van der Waals surface area contributed by atoms with Gasteiger partial charge in [-0.1, -0.05) is 11.6 Å².